The molecule has 148 valence electrons. The molecule has 1 aromatic carbocycles. The van der Waals surface area contributed by atoms with Gasteiger partial charge in [0.05, 0.1) is 25.2 Å². The fraction of sp³-hybridized carbons (Fsp3) is 0.333. The zero-order valence-electron chi connectivity index (χ0n) is 16.1. The summed E-state index contributed by atoms with van der Waals surface area (Å²) >= 11 is 0. The average molecular weight is 391 g/mol. The van der Waals surface area contributed by atoms with Gasteiger partial charge in [-0.25, -0.2) is 9.37 Å². The van der Waals surface area contributed by atoms with Gasteiger partial charge in [-0.1, -0.05) is 0 Å². The Kier molecular flexibility index (Phi) is 5.77. The van der Waals surface area contributed by atoms with Crippen molar-refractivity contribution in [2.75, 3.05) is 31.1 Å². The third kappa shape index (κ3) is 4.58. The van der Waals surface area contributed by atoms with E-state index in [9.17, 15) is 4.39 Å². The Balaban J connectivity index is 1.39. The predicted octanol–water partition coefficient (Wildman–Crippen LogP) is 2.72. The van der Waals surface area contributed by atoms with Crippen molar-refractivity contribution in [2.24, 2.45) is 0 Å². The number of aryl methyl sites for hydroxylation is 1. The molecule has 0 spiro atoms. The lowest BCUT2D eigenvalue weighted by Gasteiger charge is -2.35. The summed E-state index contributed by atoms with van der Waals surface area (Å²) in [5, 5.41) is 13.0. The first-order valence-corrected chi connectivity index (χ1v) is 9.65. The summed E-state index contributed by atoms with van der Waals surface area (Å²) in [5.41, 5.74) is 2.80. The lowest BCUT2D eigenvalue weighted by molar-refractivity contribution is 0.249. The molecule has 0 aliphatic carbocycles. The molecule has 0 unspecified atom stereocenters. The monoisotopic (exact) mass is 391 g/mol. The number of nitriles is 1. The van der Waals surface area contributed by atoms with Crippen molar-refractivity contribution in [2.45, 2.75) is 19.5 Å². The third-order valence-electron chi connectivity index (χ3n) is 5.01. The van der Waals surface area contributed by atoms with Crippen molar-refractivity contribution in [3.8, 4) is 17.3 Å². The SMILES string of the molecule is N#CCCn1cc(CN2CCN(c3nccnc3-c3ccc(F)cc3)CC2)cn1. The maximum atomic E-state index is 13.3. The quantitative estimate of drug-likeness (QED) is 0.643. The Bertz CT molecular complexity index is 985. The Hall–Kier alpha value is -3.31. The Morgan fingerprint density at radius 1 is 1.03 bits per heavy atom. The first-order chi connectivity index (χ1) is 14.2. The molecule has 0 atom stereocenters. The lowest BCUT2D eigenvalue weighted by Crippen LogP contribution is -2.46. The van der Waals surface area contributed by atoms with Crippen LogP contribution in [0.4, 0.5) is 10.2 Å². The fourth-order valence-electron chi connectivity index (χ4n) is 3.52. The molecule has 1 fully saturated rings. The molecule has 0 amide bonds. The van der Waals surface area contributed by atoms with Crippen LogP contribution in [0.15, 0.2) is 49.1 Å². The van der Waals surface area contributed by atoms with Crippen LogP contribution in [0.5, 0.6) is 0 Å². The second kappa shape index (κ2) is 8.80. The molecule has 0 N–H and O–H groups in total. The van der Waals surface area contributed by atoms with E-state index >= 15 is 0 Å². The van der Waals surface area contributed by atoms with Crippen molar-refractivity contribution >= 4 is 5.82 Å². The van der Waals surface area contributed by atoms with Crippen LogP contribution in [-0.4, -0.2) is 50.8 Å². The van der Waals surface area contributed by atoms with Gasteiger partial charge in [0.15, 0.2) is 5.82 Å². The first-order valence-electron chi connectivity index (χ1n) is 9.65. The highest BCUT2D eigenvalue weighted by atomic mass is 19.1. The summed E-state index contributed by atoms with van der Waals surface area (Å²) in [6.07, 6.45) is 7.72. The van der Waals surface area contributed by atoms with Gasteiger partial charge >= 0.3 is 0 Å². The van der Waals surface area contributed by atoms with E-state index in [-0.39, 0.29) is 5.82 Å². The summed E-state index contributed by atoms with van der Waals surface area (Å²) in [5.74, 6) is 0.576. The van der Waals surface area contributed by atoms with Gasteiger partial charge in [0, 0.05) is 62.4 Å². The molecule has 1 aliphatic heterocycles. The number of rotatable bonds is 6. The minimum Gasteiger partial charge on any atom is -0.352 e. The van der Waals surface area contributed by atoms with Gasteiger partial charge in [0.25, 0.3) is 0 Å². The third-order valence-corrected chi connectivity index (χ3v) is 5.01. The number of anilines is 1. The van der Waals surface area contributed by atoms with Crippen LogP contribution in [0.25, 0.3) is 11.3 Å². The number of piperazine rings is 1. The van der Waals surface area contributed by atoms with Gasteiger partial charge in [0.2, 0.25) is 0 Å². The highest BCUT2D eigenvalue weighted by Gasteiger charge is 2.21. The van der Waals surface area contributed by atoms with E-state index in [0.29, 0.717) is 13.0 Å². The van der Waals surface area contributed by atoms with E-state index in [2.05, 4.69) is 30.9 Å². The number of aromatic nitrogens is 4. The van der Waals surface area contributed by atoms with Gasteiger partial charge in [-0.05, 0) is 24.3 Å². The van der Waals surface area contributed by atoms with Crippen LogP contribution in [-0.2, 0) is 13.1 Å². The molecule has 0 radical (unpaired) electrons. The van der Waals surface area contributed by atoms with Crippen molar-refractivity contribution in [1.82, 2.24) is 24.6 Å². The Morgan fingerprint density at radius 3 is 2.55 bits per heavy atom. The highest BCUT2D eigenvalue weighted by molar-refractivity contribution is 5.72. The van der Waals surface area contributed by atoms with Crippen molar-refractivity contribution < 1.29 is 4.39 Å². The summed E-state index contributed by atoms with van der Waals surface area (Å²) < 4.78 is 15.1. The average Bonchev–Trinajstić information content (AvgIpc) is 3.21. The molecule has 29 heavy (non-hydrogen) atoms. The molecular formula is C21H22FN7. The number of hydrogen-bond donors (Lipinski definition) is 0. The maximum absolute atomic E-state index is 13.3. The fourth-order valence-corrected chi connectivity index (χ4v) is 3.52. The zero-order chi connectivity index (χ0) is 20.1. The number of nitrogens with zero attached hydrogens (tertiary/aromatic N) is 7. The molecule has 8 heteroatoms. The second-order valence-electron chi connectivity index (χ2n) is 7.02. The summed E-state index contributed by atoms with van der Waals surface area (Å²) in [7, 11) is 0. The van der Waals surface area contributed by atoms with Crippen molar-refractivity contribution in [3.63, 3.8) is 0 Å². The van der Waals surface area contributed by atoms with Crippen LogP contribution < -0.4 is 4.90 Å². The summed E-state index contributed by atoms with van der Waals surface area (Å²) in [6.45, 7) is 4.96. The van der Waals surface area contributed by atoms with Gasteiger partial charge in [0.1, 0.15) is 11.5 Å². The van der Waals surface area contributed by atoms with Gasteiger partial charge < -0.3 is 4.90 Å². The lowest BCUT2D eigenvalue weighted by atomic mass is 10.1. The number of halogens is 1. The predicted molar refractivity (Wildman–Crippen MR) is 107 cm³/mol. The molecule has 7 nitrogen and oxygen atoms in total. The molecule has 4 rings (SSSR count). The van der Waals surface area contributed by atoms with Crippen molar-refractivity contribution in [1.29, 1.82) is 5.26 Å². The van der Waals surface area contributed by atoms with Gasteiger partial charge in [-0.2, -0.15) is 10.4 Å². The molecule has 2 aromatic heterocycles. The van der Waals surface area contributed by atoms with E-state index in [1.165, 1.54) is 12.1 Å². The van der Waals surface area contributed by atoms with Crippen LogP contribution in [0, 0.1) is 17.1 Å². The van der Waals surface area contributed by atoms with Crippen LogP contribution >= 0.6 is 0 Å². The van der Waals surface area contributed by atoms with Crippen molar-refractivity contribution in [3.05, 3.63) is 60.4 Å². The molecule has 1 aliphatic rings. The number of benzene rings is 1. The zero-order valence-corrected chi connectivity index (χ0v) is 16.1. The molecule has 0 bridgehead atoms. The highest BCUT2D eigenvalue weighted by Crippen LogP contribution is 2.27. The summed E-state index contributed by atoms with van der Waals surface area (Å²) in [6, 6.07) is 8.51. The molecule has 1 saturated heterocycles. The van der Waals surface area contributed by atoms with Crippen LogP contribution in [0.2, 0.25) is 0 Å². The second-order valence-corrected chi connectivity index (χ2v) is 7.02. The first kappa shape index (κ1) is 19.0. The standard InChI is InChI=1S/C21H22FN7/c22-19-4-2-18(3-5-19)20-21(25-8-7-24-20)28-12-10-27(11-13-28)15-17-14-26-29(16-17)9-1-6-23/h2-5,7-8,14,16H,1,9-13,15H2. The van der Waals surface area contributed by atoms with E-state index in [4.69, 9.17) is 5.26 Å². The largest absolute Gasteiger partial charge is 0.352 e. The van der Waals surface area contributed by atoms with E-state index in [1.54, 1.807) is 24.5 Å². The Morgan fingerprint density at radius 2 is 1.79 bits per heavy atom. The normalized spacial score (nSPS) is 14.7. The summed E-state index contributed by atoms with van der Waals surface area (Å²) in [4.78, 5) is 13.7. The Labute approximate surface area is 169 Å². The van der Waals surface area contributed by atoms with E-state index in [0.717, 1.165) is 55.4 Å². The maximum Gasteiger partial charge on any atom is 0.155 e. The van der Waals surface area contributed by atoms with Crippen LogP contribution in [0.1, 0.15) is 12.0 Å². The van der Waals surface area contributed by atoms with E-state index in [1.807, 2.05) is 17.1 Å². The minimum absolute atomic E-state index is 0.260. The molecule has 0 saturated carbocycles. The smallest absolute Gasteiger partial charge is 0.155 e. The minimum atomic E-state index is -0.260. The van der Waals surface area contributed by atoms with Gasteiger partial charge in [-0.3, -0.25) is 14.6 Å². The van der Waals surface area contributed by atoms with Gasteiger partial charge in [-0.15, -0.1) is 0 Å². The molecule has 3 heterocycles. The van der Waals surface area contributed by atoms with Crippen LogP contribution in [0.3, 0.4) is 0 Å². The molecular weight excluding hydrogens is 369 g/mol. The molecule has 3 aromatic rings. The number of hydrogen-bond acceptors (Lipinski definition) is 6. The van der Waals surface area contributed by atoms with E-state index < -0.39 is 0 Å². The topological polar surface area (TPSA) is 73.9 Å².